The average Bonchev–Trinajstić information content (AvgIpc) is 3.28. The summed E-state index contributed by atoms with van der Waals surface area (Å²) >= 11 is 0. The van der Waals surface area contributed by atoms with E-state index in [4.69, 9.17) is 4.74 Å². The first kappa shape index (κ1) is 19.0. The van der Waals surface area contributed by atoms with Crippen molar-refractivity contribution in [2.45, 2.75) is 50.5 Å². The summed E-state index contributed by atoms with van der Waals surface area (Å²) in [5, 5.41) is 23.1. The molecular weight excluding hydrogens is 385 g/mol. The summed E-state index contributed by atoms with van der Waals surface area (Å²) in [5.41, 5.74) is 2.72. The van der Waals surface area contributed by atoms with Gasteiger partial charge in [-0.15, -0.1) is 10.2 Å². The largest absolute Gasteiger partial charge is 0.507 e. The van der Waals surface area contributed by atoms with Crippen LogP contribution in [0.2, 0.25) is 0 Å². The van der Waals surface area contributed by atoms with E-state index >= 15 is 0 Å². The number of aryl methyl sites for hydroxylation is 1. The number of fused-ring (bicyclic) bond motifs is 2. The first-order valence-electron chi connectivity index (χ1n) is 10.2. The third-order valence-corrected chi connectivity index (χ3v) is 6.28. The minimum absolute atomic E-state index is 0.0741. The van der Waals surface area contributed by atoms with E-state index in [9.17, 15) is 9.50 Å². The van der Waals surface area contributed by atoms with Gasteiger partial charge in [-0.2, -0.15) is 5.10 Å². The Hall–Kier alpha value is -3.00. The molecule has 0 spiro atoms. The Bertz CT molecular complexity index is 1050. The molecule has 2 saturated heterocycles. The van der Waals surface area contributed by atoms with Crippen LogP contribution in [0.15, 0.2) is 42.6 Å². The Kier molecular flexibility index (Phi) is 4.66. The smallest absolute Gasteiger partial charge is 0.233 e. The van der Waals surface area contributed by atoms with Gasteiger partial charge in [0.05, 0.1) is 17.1 Å². The zero-order chi connectivity index (χ0) is 20.8. The molecule has 0 aliphatic carbocycles. The average molecular weight is 409 g/mol. The first-order valence-corrected chi connectivity index (χ1v) is 10.2. The maximum absolute atomic E-state index is 14.8. The summed E-state index contributed by atoms with van der Waals surface area (Å²) in [4.78, 5) is 2.14. The van der Waals surface area contributed by atoms with Crippen LogP contribution in [-0.2, 0) is 0 Å². The van der Waals surface area contributed by atoms with Crippen molar-refractivity contribution in [3.63, 3.8) is 0 Å². The summed E-state index contributed by atoms with van der Waals surface area (Å²) in [6, 6.07) is 10.9. The molecule has 30 heavy (non-hydrogen) atoms. The van der Waals surface area contributed by atoms with Gasteiger partial charge in [0, 0.05) is 42.4 Å². The normalized spacial score (nSPS) is 26.1. The highest BCUT2D eigenvalue weighted by molar-refractivity contribution is 5.68. The lowest BCUT2D eigenvalue weighted by Gasteiger charge is -2.38. The summed E-state index contributed by atoms with van der Waals surface area (Å²) in [6.45, 7) is 1.91. The number of halogens is 1. The predicted octanol–water partition coefficient (Wildman–Crippen LogP) is 3.30. The van der Waals surface area contributed by atoms with Crippen molar-refractivity contribution in [3.8, 4) is 28.6 Å². The SMILES string of the molecule is Cc1ccn(-c2ccc(-c3ccc(OC4CC5CCC(C4F)N5C)nn3)c(O)c2)n1. The van der Waals surface area contributed by atoms with E-state index in [0.29, 0.717) is 29.6 Å². The van der Waals surface area contributed by atoms with Crippen molar-refractivity contribution < 1.29 is 14.2 Å². The van der Waals surface area contributed by atoms with Gasteiger partial charge in [-0.25, -0.2) is 9.07 Å². The number of piperidine rings is 1. The number of aromatic nitrogens is 4. The molecule has 0 amide bonds. The van der Waals surface area contributed by atoms with Gasteiger partial charge in [-0.3, -0.25) is 4.90 Å². The molecule has 1 aromatic carbocycles. The molecule has 0 radical (unpaired) electrons. The fourth-order valence-electron chi connectivity index (χ4n) is 4.59. The lowest BCUT2D eigenvalue weighted by molar-refractivity contribution is -0.0134. The maximum Gasteiger partial charge on any atom is 0.233 e. The number of aromatic hydroxyl groups is 1. The summed E-state index contributed by atoms with van der Waals surface area (Å²) in [7, 11) is 1.99. The van der Waals surface area contributed by atoms with Crippen LogP contribution in [0.5, 0.6) is 11.6 Å². The molecule has 0 saturated carbocycles. The van der Waals surface area contributed by atoms with Crippen molar-refractivity contribution in [1.82, 2.24) is 24.9 Å². The number of phenols is 1. The second kappa shape index (κ2) is 7.36. The first-order chi connectivity index (χ1) is 14.5. The van der Waals surface area contributed by atoms with E-state index in [2.05, 4.69) is 20.2 Å². The lowest BCUT2D eigenvalue weighted by atomic mass is 9.98. The number of ether oxygens (including phenoxy) is 1. The third-order valence-electron chi connectivity index (χ3n) is 6.28. The van der Waals surface area contributed by atoms with Gasteiger partial charge in [0.2, 0.25) is 5.88 Å². The monoisotopic (exact) mass is 409 g/mol. The number of alkyl halides is 1. The standard InChI is InChI=1S/C22H24FN5O2/c1-13-9-10-28(26-13)15-3-5-16(19(29)11-15)17-6-8-21(25-24-17)30-20-12-14-4-7-18(22(20)23)27(14)2/h3,5-6,8-11,14,18,20,22,29H,4,7,12H2,1-2H3. The fourth-order valence-corrected chi connectivity index (χ4v) is 4.59. The van der Waals surface area contributed by atoms with Gasteiger partial charge < -0.3 is 9.84 Å². The van der Waals surface area contributed by atoms with Gasteiger partial charge in [-0.05, 0) is 51.1 Å². The van der Waals surface area contributed by atoms with Crippen molar-refractivity contribution in [3.05, 3.63) is 48.3 Å². The summed E-state index contributed by atoms with van der Waals surface area (Å²) in [5.74, 6) is 0.387. The maximum atomic E-state index is 14.8. The molecule has 2 bridgehead atoms. The minimum atomic E-state index is -1.03. The Morgan fingerprint density at radius 1 is 1.13 bits per heavy atom. The van der Waals surface area contributed by atoms with Crippen LogP contribution < -0.4 is 4.74 Å². The molecule has 2 aromatic heterocycles. The van der Waals surface area contributed by atoms with Crippen LogP contribution in [0.4, 0.5) is 4.39 Å². The van der Waals surface area contributed by atoms with E-state index in [0.717, 1.165) is 24.2 Å². The lowest BCUT2D eigenvalue weighted by Crippen LogP contribution is -2.52. The Morgan fingerprint density at radius 3 is 2.70 bits per heavy atom. The van der Waals surface area contributed by atoms with Crippen LogP contribution in [0, 0.1) is 6.92 Å². The van der Waals surface area contributed by atoms with Crippen LogP contribution >= 0.6 is 0 Å². The van der Waals surface area contributed by atoms with E-state index in [1.54, 1.807) is 28.9 Å². The van der Waals surface area contributed by atoms with Crippen molar-refractivity contribution in [2.75, 3.05) is 7.05 Å². The Balaban J connectivity index is 1.32. The molecule has 3 aromatic rings. The number of hydrogen-bond donors (Lipinski definition) is 1. The van der Waals surface area contributed by atoms with Crippen LogP contribution in [0.25, 0.3) is 16.9 Å². The van der Waals surface area contributed by atoms with Crippen molar-refractivity contribution in [2.24, 2.45) is 0 Å². The molecular formula is C22H24FN5O2. The summed E-state index contributed by atoms with van der Waals surface area (Å²) in [6.07, 6.45) is 2.86. The predicted molar refractivity (Wildman–Crippen MR) is 109 cm³/mol. The second-order valence-corrected chi connectivity index (χ2v) is 8.16. The molecule has 5 rings (SSSR count). The van der Waals surface area contributed by atoms with E-state index < -0.39 is 12.3 Å². The van der Waals surface area contributed by atoms with E-state index in [1.165, 1.54) is 0 Å². The highest BCUT2D eigenvalue weighted by Gasteiger charge is 2.47. The molecule has 2 aliphatic heterocycles. The zero-order valence-corrected chi connectivity index (χ0v) is 16.9. The minimum Gasteiger partial charge on any atom is -0.507 e. The number of phenolic OH excluding ortho intramolecular Hbond substituents is 1. The molecule has 7 nitrogen and oxygen atoms in total. The Labute approximate surface area is 174 Å². The number of rotatable bonds is 4. The highest BCUT2D eigenvalue weighted by atomic mass is 19.1. The van der Waals surface area contributed by atoms with Crippen LogP contribution in [-0.4, -0.2) is 61.4 Å². The zero-order valence-electron chi connectivity index (χ0n) is 16.9. The van der Waals surface area contributed by atoms with Crippen LogP contribution in [0.1, 0.15) is 25.0 Å². The molecule has 4 atom stereocenters. The van der Waals surface area contributed by atoms with Gasteiger partial charge in [0.25, 0.3) is 0 Å². The topological polar surface area (TPSA) is 76.3 Å². The molecule has 8 heteroatoms. The molecule has 4 heterocycles. The summed E-state index contributed by atoms with van der Waals surface area (Å²) < 4.78 is 22.3. The number of nitrogens with zero attached hydrogens (tertiary/aromatic N) is 5. The molecule has 2 aliphatic rings. The highest BCUT2D eigenvalue weighted by Crippen LogP contribution is 2.37. The van der Waals surface area contributed by atoms with Gasteiger partial charge >= 0.3 is 0 Å². The van der Waals surface area contributed by atoms with Crippen molar-refractivity contribution in [1.29, 1.82) is 0 Å². The molecule has 4 unspecified atom stereocenters. The molecule has 2 fully saturated rings. The van der Waals surface area contributed by atoms with Gasteiger partial charge in [0.1, 0.15) is 11.9 Å². The second-order valence-electron chi connectivity index (χ2n) is 8.16. The van der Waals surface area contributed by atoms with Crippen LogP contribution in [0.3, 0.4) is 0 Å². The van der Waals surface area contributed by atoms with Crippen molar-refractivity contribution >= 4 is 0 Å². The fraction of sp³-hybridized carbons (Fsp3) is 0.409. The molecule has 1 N–H and O–H groups in total. The van der Waals surface area contributed by atoms with Gasteiger partial charge in [-0.1, -0.05) is 0 Å². The number of hydrogen-bond acceptors (Lipinski definition) is 6. The quantitative estimate of drug-likeness (QED) is 0.713. The Morgan fingerprint density at radius 2 is 2.00 bits per heavy atom. The van der Waals surface area contributed by atoms with E-state index in [1.807, 2.05) is 32.3 Å². The number of benzene rings is 1. The molecule has 156 valence electrons. The van der Waals surface area contributed by atoms with Gasteiger partial charge in [0.15, 0.2) is 6.17 Å². The third kappa shape index (κ3) is 3.31. The van der Waals surface area contributed by atoms with E-state index in [-0.39, 0.29) is 11.8 Å².